The SMILES string of the molecule is COc1cccc(-c2nnc(NC(=O)C(Cc3ccccc3)NC(=O)Cc3ccccc3)s2)c1. The van der Waals surface area contributed by atoms with Crippen LogP contribution in [-0.4, -0.2) is 35.2 Å². The van der Waals surface area contributed by atoms with Crippen molar-refractivity contribution in [3.8, 4) is 16.3 Å². The monoisotopic (exact) mass is 472 g/mol. The van der Waals surface area contributed by atoms with Gasteiger partial charge in [-0.05, 0) is 23.3 Å². The van der Waals surface area contributed by atoms with E-state index in [9.17, 15) is 9.59 Å². The second-order valence-electron chi connectivity index (χ2n) is 7.61. The molecular weight excluding hydrogens is 448 g/mol. The Morgan fingerprint density at radius 3 is 2.32 bits per heavy atom. The van der Waals surface area contributed by atoms with Gasteiger partial charge in [0.25, 0.3) is 0 Å². The Labute approximate surface area is 201 Å². The van der Waals surface area contributed by atoms with Gasteiger partial charge in [-0.15, -0.1) is 10.2 Å². The number of nitrogens with one attached hydrogen (secondary N) is 2. The van der Waals surface area contributed by atoms with E-state index in [0.29, 0.717) is 22.3 Å². The third-order valence-corrected chi connectivity index (χ3v) is 6.00. The number of hydrogen-bond donors (Lipinski definition) is 2. The van der Waals surface area contributed by atoms with E-state index in [1.807, 2.05) is 84.9 Å². The van der Waals surface area contributed by atoms with Crippen LogP contribution in [0.5, 0.6) is 5.75 Å². The molecule has 0 fully saturated rings. The van der Waals surface area contributed by atoms with Crippen LogP contribution in [-0.2, 0) is 22.4 Å². The molecule has 7 nitrogen and oxygen atoms in total. The molecule has 1 unspecified atom stereocenters. The number of methoxy groups -OCH3 is 1. The second-order valence-corrected chi connectivity index (χ2v) is 8.58. The first-order valence-electron chi connectivity index (χ1n) is 10.8. The van der Waals surface area contributed by atoms with Gasteiger partial charge in [0.2, 0.25) is 16.9 Å². The lowest BCUT2D eigenvalue weighted by Crippen LogP contribution is -2.45. The number of carbonyl (C=O) groups is 2. The Bertz CT molecular complexity index is 1250. The predicted octanol–water partition coefficient (Wildman–Crippen LogP) is 4.12. The summed E-state index contributed by atoms with van der Waals surface area (Å²) < 4.78 is 5.26. The van der Waals surface area contributed by atoms with Crippen molar-refractivity contribution in [3.63, 3.8) is 0 Å². The van der Waals surface area contributed by atoms with Crippen LogP contribution in [0.15, 0.2) is 84.9 Å². The molecule has 3 aromatic carbocycles. The van der Waals surface area contributed by atoms with Gasteiger partial charge >= 0.3 is 0 Å². The summed E-state index contributed by atoms with van der Waals surface area (Å²) in [6, 6.07) is 25.7. The number of amides is 2. The van der Waals surface area contributed by atoms with Crippen LogP contribution in [0.25, 0.3) is 10.6 Å². The molecule has 34 heavy (non-hydrogen) atoms. The van der Waals surface area contributed by atoms with Gasteiger partial charge in [0, 0.05) is 12.0 Å². The summed E-state index contributed by atoms with van der Waals surface area (Å²) in [5.74, 6) is 0.137. The summed E-state index contributed by atoms with van der Waals surface area (Å²) >= 11 is 1.26. The van der Waals surface area contributed by atoms with Crippen molar-refractivity contribution in [2.45, 2.75) is 18.9 Å². The Balaban J connectivity index is 1.47. The van der Waals surface area contributed by atoms with E-state index in [4.69, 9.17) is 4.74 Å². The zero-order valence-electron chi connectivity index (χ0n) is 18.6. The smallest absolute Gasteiger partial charge is 0.249 e. The quantitative estimate of drug-likeness (QED) is 0.382. The van der Waals surface area contributed by atoms with Crippen molar-refractivity contribution in [1.82, 2.24) is 15.5 Å². The number of ether oxygens (including phenoxy) is 1. The molecule has 0 bridgehead atoms. The molecule has 0 aliphatic heterocycles. The van der Waals surface area contributed by atoms with E-state index in [0.717, 1.165) is 16.7 Å². The Morgan fingerprint density at radius 2 is 1.62 bits per heavy atom. The van der Waals surface area contributed by atoms with E-state index in [1.165, 1.54) is 11.3 Å². The van der Waals surface area contributed by atoms with Crippen molar-refractivity contribution in [3.05, 3.63) is 96.1 Å². The van der Waals surface area contributed by atoms with Crippen LogP contribution in [0, 0.1) is 0 Å². The zero-order chi connectivity index (χ0) is 23.8. The number of carbonyl (C=O) groups excluding carboxylic acids is 2. The van der Waals surface area contributed by atoms with Crippen molar-refractivity contribution in [2.24, 2.45) is 0 Å². The standard InChI is InChI=1S/C26H24N4O3S/c1-33-21-14-8-13-20(17-21)25-29-30-26(34-25)28-24(32)22(15-18-9-4-2-5-10-18)27-23(31)16-19-11-6-3-7-12-19/h2-14,17,22H,15-16H2,1H3,(H,27,31)(H,28,30,32). The molecule has 1 aromatic heterocycles. The van der Waals surface area contributed by atoms with Gasteiger partial charge in [-0.2, -0.15) is 0 Å². The van der Waals surface area contributed by atoms with Crippen molar-refractivity contribution < 1.29 is 14.3 Å². The van der Waals surface area contributed by atoms with Crippen LogP contribution >= 0.6 is 11.3 Å². The fraction of sp³-hybridized carbons (Fsp3) is 0.154. The van der Waals surface area contributed by atoms with Crippen LogP contribution in [0.2, 0.25) is 0 Å². The lowest BCUT2D eigenvalue weighted by molar-refractivity contribution is -0.126. The summed E-state index contributed by atoms with van der Waals surface area (Å²) in [5.41, 5.74) is 2.66. The lowest BCUT2D eigenvalue weighted by Gasteiger charge is -2.18. The van der Waals surface area contributed by atoms with E-state index in [2.05, 4.69) is 20.8 Å². The molecule has 0 spiro atoms. The molecular formula is C26H24N4O3S. The van der Waals surface area contributed by atoms with Crippen LogP contribution in [0.4, 0.5) is 5.13 Å². The minimum absolute atomic E-state index is 0.193. The normalized spacial score (nSPS) is 11.4. The highest BCUT2D eigenvalue weighted by atomic mass is 32.1. The van der Waals surface area contributed by atoms with Gasteiger partial charge in [-0.25, -0.2) is 0 Å². The summed E-state index contributed by atoms with van der Waals surface area (Å²) in [6.07, 6.45) is 0.549. The third kappa shape index (κ3) is 6.26. The maximum atomic E-state index is 13.1. The molecule has 1 atom stereocenters. The number of nitrogens with zero attached hydrogens (tertiary/aromatic N) is 2. The summed E-state index contributed by atoms with van der Waals surface area (Å²) in [7, 11) is 1.60. The molecule has 0 saturated heterocycles. The number of benzene rings is 3. The molecule has 0 aliphatic rings. The zero-order valence-corrected chi connectivity index (χ0v) is 19.4. The first-order chi connectivity index (χ1) is 16.6. The molecule has 2 amide bonds. The molecule has 8 heteroatoms. The highest BCUT2D eigenvalue weighted by Crippen LogP contribution is 2.28. The molecule has 172 valence electrons. The number of hydrogen-bond acceptors (Lipinski definition) is 6. The highest BCUT2D eigenvalue weighted by molar-refractivity contribution is 7.18. The van der Waals surface area contributed by atoms with Crippen LogP contribution in [0.3, 0.4) is 0 Å². The minimum atomic E-state index is -0.761. The van der Waals surface area contributed by atoms with Crippen LogP contribution in [0.1, 0.15) is 11.1 Å². The number of anilines is 1. The fourth-order valence-electron chi connectivity index (χ4n) is 3.42. The van der Waals surface area contributed by atoms with Gasteiger partial charge in [0.15, 0.2) is 0 Å². The lowest BCUT2D eigenvalue weighted by atomic mass is 10.0. The predicted molar refractivity (Wildman–Crippen MR) is 133 cm³/mol. The Kier molecular flexibility index (Phi) is 7.62. The van der Waals surface area contributed by atoms with Gasteiger partial charge in [0.05, 0.1) is 13.5 Å². The largest absolute Gasteiger partial charge is 0.497 e. The molecule has 1 heterocycles. The van der Waals surface area contributed by atoms with E-state index in [1.54, 1.807) is 7.11 Å². The first kappa shape index (κ1) is 23.1. The van der Waals surface area contributed by atoms with Crippen molar-refractivity contribution in [2.75, 3.05) is 12.4 Å². The fourth-order valence-corrected chi connectivity index (χ4v) is 4.17. The molecule has 0 saturated carbocycles. The van der Waals surface area contributed by atoms with Gasteiger partial charge < -0.3 is 10.1 Å². The summed E-state index contributed by atoms with van der Waals surface area (Å²) in [4.78, 5) is 25.8. The Morgan fingerprint density at radius 1 is 0.912 bits per heavy atom. The van der Waals surface area contributed by atoms with E-state index in [-0.39, 0.29) is 18.2 Å². The number of rotatable bonds is 9. The minimum Gasteiger partial charge on any atom is -0.497 e. The summed E-state index contributed by atoms with van der Waals surface area (Å²) in [6.45, 7) is 0. The topological polar surface area (TPSA) is 93.2 Å². The van der Waals surface area contributed by atoms with Crippen molar-refractivity contribution >= 4 is 28.3 Å². The summed E-state index contributed by atoms with van der Waals surface area (Å²) in [5, 5.41) is 15.0. The molecule has 4 rings (SSSR count). The molecule has 2 N–H and O–H groups in total. The maximum Gasteiger partial charge on any atom is 0.249 e. The third-order valence-electron chi connectivity index (χ3n) is 5.11. The average Bonchev–Trinajstić information content (AvgIpc) is 3.33. The number of aromatic nitrogens is 2. The van der Waals surface area contributed by atoms with Gasteiger partial charge in [-0.1, -0.05) is 84.1 Å². The maximum absolute atomic E-state index is 13.1. The highest BCUT2D eigenvalue weighted by Gasteiger charge is 2.23. The Hall–Kier alpha value is -4.04. The molecule has 0 aliphatic carbocycles. The molecule has 0 radical (unpaired) electrons. The average molecular weight is 473 g/mol. The second kappa shape index (κ2) is 11.2. The molecule has 4 aromatic rings. The van der Waals surface area contributed by atoms with E-state index >= 15 is 0 Å². The van der Waals surface area contributed by atoms with Gasteiger partial charge in [0.1, 0.15) is 16.8 Å². The van der Waals surface area contributed by atoms with E-state index < -0.39 is 6.04 Å². The van der Waals surface area contributed by atoms with Gasteiger partial charge in [-0.3, -0.25) is 14.9 Å². The van der Waals surface area contributed by atoms with Crippen LogP contribution < -0.4 is 15.4 Å². The first-order valence-corrected chi connectivity index (χ1v) is 11.6. The van der Waals surface area contributed by atoms with Crippen molar-refractivity contribution in [1.29, 1.82) is 0 Å².